The van der Waals surface area contributed by atoms with Gasteiger partial charge in [0.2, 0.25) is 0 Å². The van der Waals surface area contributed by atoms with E-state index in [1.54, 1.807) is 18.0 Å². The number of aliphatic hydroxyl groups is 1. The van der Waals surface area contributed by atoms with Crippen LogP contribution in [0, 0.1) is 6.92 Å². The zero-order valence-corrected chi connectivity index (χ0v) is 11.1. The van der Waals surface area contributed by atoms with E-state index in [9.17, 15) is 4.79 Å². The van der Waals surface area contributed by atoms with Crippen molar-refractivity contribution in [2.24, 2.45) is 0 Å². The molecule has 0 aliphatic carbocycles. The fourth-order valence-electron chi connectivity index (χ4n) is 1.91. The van der Waals surface area contributed by atoms with Gasteiger partial charge in [0.25, 0.3) is 5.91 Å². The molecule has 0 saturated heterocycles. The zero-order chi connectivity index (χ0) is 13.5. The predicted octanol–water partition coefficient (Wildman–Crippen LogP) is 1.81. The number of aryl methyl sites for hydroxylation is 1. The Labute approximate surface area is 108 Å². The molecule has 0 unspecified atom stereocenters. The van der Waals surface area contributed by atoms with Crippen LogP contribution in [0.2, 0.25) is 0 Å². The highest BCUT2D eigenvalue weighted by Gasteiger charge is 2.16. The lowest BCUT2D eigenvalue weighted by Gasteiger charge is -2.19. The number of aliphatic hydroxyl groups excluding tert-OH is 1. The van der Waals surface area contributed by atoms with Crippen LogP contribution in [-0.2, 0) is 0 Å². The lowest BCUT2D eigenvalue weighted by atomic mass is 10.1. The molecule has 1 amide bonds. The van der Waals surface area contributed by atoms with Gasteiger partial charge in [0.15, 0.2) is 0 Å². The summed E-state index contributed by atoms with van der Waals surface area (Å²) in [6.45, 7) is 2.79. The summed E-state index contributed by atoms with van der Waals surface area (Å²) < 4.78 is 0. The van der Waals surface area contributed by atoms with Crippen LogP contribution in [0.25, 0.3) is 0 Å². The third kappa shape index (κ3) is 3.74. The quantitative estimate of drug-likeness (QED) is 0.597. The number of nitrogen functional groups attached to an aromatic ring is 1. The minimum atomic E-state index is -0.0328. The van der Waals surface area contributed by atoms with Crippen LogP contribution >= 0.6 is 0 Å². The van der Waals surface area contributed by atoms with Gasteiger partial charge >= 0.3 is 0 Å². The number of anilines is 1. The molecule has 18 heavy (non-hydrogen) atoms. The van der Waals surface area contributed by atoms with E-state index in [2.05, 4.69) is 0 Å². The van der Waals surface area contributed by atoms with Gasteiger partial charge in [-0.15, -0.1) is 0 Å². The van der Waals surface area contributed by atoms with Crippen molar-refractivity contribution in [3.63, 3.8) is 0 Å². The van der Waals surface area contributed by atoms with Gasteiger partial charge in [-0.3, -0.25) is 4.79 Å². The van der Waals surface area contributed by atoms with Crippen molar-refractivity contribution in [3.05, 3.63) is 29.3 Å². The maximum atomic E-state index is 12.2. The van der Waals surface area contributed by atoms with E-state index in [4.69, 9.17) is 10.8 Å². The maximum Gasteiger partial charge on any atom is 0.255 e. The first-order valence-electron chi connectivity index (χ1n) is 6.29. The van der Waals surface area contributed by atoms with Crippen LogP contribution in [0.3, 0.4) is 0 Å². The number of rotatable bonds is 6. The first-order chi connectivity index (χ1) is 8.57. The molecule has 3 N–H and O–H groups in total. The summed E-state index contributed by atoms with van der Waals surface area (Å²) in [7, 11) is 1.78. The summed E-state index contributed by atoms with van der Waals surface area (Å²) in [6, 6.07) is 5.49. The molecule has 0 spiro atoms. The van der Waals surface area contributed by atoms with Crippen LogP contribution < -0.4 is 5.73 Å². The third-order valence-corrected chi connectivity index (χ3v) is 3.02. The number of nitrogens with two attached hydrogens (primary N) is 1. The van der Waals surface area contributed by atoms with Crippen LogP contribution in [0.15, 0.2) is 18.2 Å². The number of benzene rings is 1. The zero-order valence-electron chi connectivity index (χ0n) is 11.1. The summed E-state index contributed by atoms with van der Waals surface area (Å²) in [5, 5.41) is 8.69. The van der Waals surface area contributed by atoms with E-state index in [0.29, 0.717) is 17.8 Å². The molecule has 0 radical (unpaired) electrons. The highest BCUT2D eigenvalue weighted by Crippen LogP contribution is 2.18. The van der Waals surface area contributed by atoms with E-state index in [1.165, 1.54) is 0 Å². The second-order valence-electron chi connectivity index (χ2n) is 4.55. The van der Waals surface area contributed by atoms with Crippen molar-refractivity contribution in [2.75, 3.05) is 25.9 Å². The maximum absolute atomic E-state index is 12.2. The van der Waals surface area contributed by atoms with Gasteiger partial charge in [-0.25, -0.2) is 0 Å². The summed E-state index contributed by atoms with van der Waals surface area (Å²) in [6.07, 6.45) is 2.61. The molecular weight excluding hydrogens is 228 g/mol. The molecule has 4 nitrogen and oxygen atoms in total. The van der Waals surface area contributed by atoms with Gasteiger partial charge in [-0.05, 0) is 37.8 Å². The molecule has 1 aromatic carbocycles. The van der Waals surface area contributed by atoms with E-state index in [1.807, 2.05) is 19.1 Å². The van der Waals surface area contributed by atoms with E-state index in [0.717, 1.165) is 24.8 Å². The van der Waals surface area contributed by atoms with Crippen molar-refractivity contribution in [3.8, 4) is 0 Å². The van der Waals surface area contributed by atoms with Crippen molar-refractivity contribution >= 4 is 11.6 Å². The van der Waals surface area contributed by atoms with Crippen LogP contribution in [0.4, 0.5) is 5.69 Å². The average Bonchev–Trinajstić information content (AvgIpc) is 2.34. The summed E-state index contributed by atoms with van der Waals surface area (Å²) in [4.78, 5) is 13.9. The van der Waals surface area contributed by atoms with Crippen molar-refractivity contribution in [2.45, 2.75) is 26.2 Å². The monoisotopic (exact) mass is 250 g/mol. The molecule has 0 aromatic heterocycles. The Morgan fingerprint density at radius 2 is 2.06 bits per heavy atom. The number of hydrogen-bond donors (Lipinski definition) is 2. The van der Waals surface area contributed by atoms with E-state index < -0.39 is 0 Å². The molecular formula is C14H22N2O2. The predicted molar refractivity (Wildman–Crippen MR) is 73.5 cm³/mol. The van der Waals surface area contributed by atoms with Crippen molar-refractivity contribution < 1.29 is 9.90 Å². The van der Waals surface area contributed by atoms with Gasteiger partial charge in [-0.1, -0.05) is 12.1 Å². The van der Waals surface area contributed by atoms with Crippen LogP contribution in [-0.4, -0.2) is 36.1 Å². The van der Waals surface area contributed by atoms with E-state index >= 15 is 0 Å². The minimum absolute atomic E-state index is 0.0328. The molecule has 0 aliphatic heterocycles. The molecule has 0 fully saturated rings. The van der Waals surface area contributed by atoms with Gasteiger partial charge in [0.1, 0.15) is 0 Å². The smallest absolute Gasteiger partial charge is 0.255 e. The first-order valence-corrected chi connectivity index (χ1v) is 6.29. The number of carbonyl (C=O) groups is 1. The Bertz CT molecular complexity index is 385. The molecule has 4 heteroatoms. The molecule has 1 aromatic rings. The lowest BCUT2D eigenvalue weighted by Crippen LogP contribution is -2.29. The Morgan fingerprint density at radius 1 is 1.33 bits per heavy atom. The van der Waals surface area contributed by atoms with Crippen LogP contribution in [0.5, 0.6) is 0 Å². The number of hydrogen-bond acceptors (Lipinski definition) is 3. The molecule has 0 heterocycles. The average molecular weight is 250 g/mol. The summed E-state index contributed by atoms with van der Waals surface area (Å²) in [5.74, 6) is -0.0328. The molecule has 100 valence electrons. The number of nitrogens with zero attached hydrogens (tertiary/aromatic N) is 1. The fraction of sp³-hybridized carbons (Fsp3) is 0.500. The standard InChI is InChI=1S/C14H22N2O2/c1-11-7-6-8-12(15)13(11)14(18)16(2)9-4-3-5-10-17/h6-8,17H,3-5,9-10,15H2,1-2H3. The highest BCUT2D eigenvalue weighted by atomic mass is 16.2. The van der Waals surface area contributed by atoms with E-state index in [-0.39, 0.29) is 12.5 Å². The number of unbranched alkanes of at least 4 members (excludes halogenated alkanes) is 2. The molecule has 0 atom stereocenters. The topological polar surface area (TPSA) is 66.6 Å². The van der Waals surface area contributed by atoms with Crippen molar-refractivity contribution in [1.29, 1.82) is 0 Å². The van der Waals surface area contributed by atoms with Gasteiger partial charge in [0, 0.05) is 25.9 Å². The van der Waals surface area contributed by atoms with Crippen LogP contribution in [0.1, 0.15) is 35.2 Å². The second kappa shape index (κ2) is 7.01. The molecule has 0 aliphatic rings. The number of amides is 1. The molecule has 1 rings (SSSR count). The summed E-state index contributed by atoms with van der Waals surface area (Å²) >= 11 is 0. The van der Waals surface area contributed by atoms with Crippen molar-refractivity contribution in [1.82, 2.24) is 4.90 Å². The van der Waals surface area contributed by atoms with Gasteiger partial charge in [0.05, 0.1) is 5.56 Å². The Kier molecular flexibility index (Phi) is 5.65. The first kappa shape index (κ1) is 14.5. The second-order valence-corrected chi connectivity index (χ2v) is 4.55. The lowest BCUT2D eigenvalue weighted by molar-refractivity contribution is 0.0792. The van der Waals surface area contributed by atoms with Gasteiger partial charge < -0.3 is 15.7 Å². The SMILES string of the molecule is Cc1cccc(N)c1C(=O)N(C)CCCCCO. The largest absolute Gasteiger partial charge is 0.398 e. The Balaban J connectivity index is 2.63. The minimum Gasteiger partial charge on any atom is -0.398 e. The molecule has 0 bridgehead atoms. The fourth-order valence-corrected chi connectivity index (χ4v) is 1.91. The Hall–Kier alpha value is -1.55. The third-order valence-electron chi connectivity index (χ3n) is 3.02. The summed E-state index contributed by atoms with van der Waals surface area (Å²) in [5.41, 5.74) is 7.89. The normalized spacial score (nSPS) is 10.4. The van der Waals surface area contributed by atoms with Gasteiger partial charge in [-0.2, -0.15) is 0 Å². The molecule has 0 saturated carbocycles. The number of carbonyl (C=O) groups excluding carboxylic acids is 1. The Morgan fingerprint density at radius 3 is 2.67 bits per heavy atom. The highest BCUT2D eigenvalue weighted by molar-refractivity contribution is 6.00.